The third kappa shape index (κ3) is 35.3. The number of unbranched alkanes of at least 4 members (excludes halogenated alkanes) is 20. The van der Waals surface area contributed by atoms with Crippen LogP contribution in [0.4, 0.5) is 0 Å². The lowest BCUT2D eigenvalue weighted by atomic mass is 10.0. The van der Waals surface area contributed by atoms with E-state index in [1.807, 2.05) is 27.2 Å². The molecule has 0 saturated heterocycles. The number of aliphatic carboxylic acids is 1. The molecule has 1 N–H and O–H groups in total. The van der Waals surface area contributed by atoms with Gasteiger partial charge in [-0.05, 0) is 25.7 Å². The van der Waals surface area contributed by atoms with Crippen molar-refractivity contribution in [3.63, 3.8) is 0 Å². The summed E-state index contributed by atoms with van der Waals surface area (Å²) in [5.41, 5.74) is 0. The number of carboxylic acid groups (broad SMARTS) is 1. The van der Waals surface area contributed by atoms with Gasteiger partial charge in [-0.15, -0.1) is 0 Å². The Morgan fingerprint density at radius 3 is 1.46 bits per heavy atom. The smallest absolute Gasteiger partial charge is 0.362 e. The van der Waals surface area contributed by atoms with Crippen LogP contribution in [0.3, 0.4) is 0 Å². The lowest BCUT2D eigenvalue weighted by Gasteiger charge is -2.31. The number of allylic oxidation sites excluding steroid dienone is 5. The molecule has 0 aromatic rings. The summed E-state index contributed by atoms with van der Waals surface area (Å²) in [6.45, 7) is 4.52. The molecule has 0 radical (unpaired) electrons. The van der Waals surface area contributed by atoms with Gasteiger partial charge in [0.2, 0.25) is 0 Å². The van der Waals surface area contributed by atoms with Crippen LogP contribution in [0.15, 0.2) is 36.5 Å². The van der Waals surface area contributed by atoms with Crippen molar-refractivity contribution in [3.05, 3.63) is 36.5 Å². The van der Waals surface area contributed by atoms with E-state index in [0.29, 0.717) is 12.8 Å². The van der Waals surface area contributed by atoms with Crippen LogP contribution >= 0.6 is 0 Å². The molecule has 8 heteroatoms. The van der Waals surface area contributed by atoms with Gasteiger partial charge in [0.15, 0.2) is 12.1 Å². The van der Waals surface area contributed by atoms with Crippen molar-refractivity contribution in [2.24, 2.45) is 0 Å². The van der Waals surface area contributed by atoms with E-state index in [-0.39, 0.29) is 36.7 Å². The molecular weight excluding hydrogens is 679 g/mol. The van der Waals surface area contributed by atoms with Crippen molar-refractivity contribution >= 4 is 17.9 Å². The zero-order valence-corrected chi connectivity index (χ0v) is 35.7. The first-order valence-electron chi connectivity index (χ1n) is 22.0. The predicted octanol–water partition coefficient (Wildman–Crippen LogP) is 11.9. The number of esters is 2. The highest BCUT2D eigenvalue weighted by Gasteiger charge is 2.31. The molecule has 0 bridgehead atoms. The molecule has 2 unspecified atom stereocenters. The summed E-state index contributed by atoms with van der Waals surface area (Å²) in [6, 6.07) is -0.625. The minimum atomic E-state index is -0.887. The van der Waals surface area contributed by atoms with Gasteiger partial charge in [0.25, 0.3) is 0 Å². The number of hydrogen-bond donors (Lipinski definition) is 1. The monoisotopic (exact) mass is 763 g/mol. The van der Waals surface area contributed by atoms with Crippen molar-refractivity contribution in [1.82, 2.24) is 0 Å². The number of quaternary nitrogens is 1. The Hall–Kier alpha value is -2.45. The lowest BCUT2D eigenvalue weighted by molar-refractivity contribution is -0.887. The summed E-state index contributed by atoms with van der Waals surface area (Å²) in [6.07, 6.45) is 42.4. The number of carbonyl (C=O) groups excluding carboxylic acids is 2. The maximum Gasteiger partial charge on any atom is 0.362 e. The van der Waals surface area contributed by atoms with E-state index in [9.17, 15) is 19.5 Å². The normalized spacial score (nSPS) is 13.3. The van der Waals surface area contributed by atoms with Gasteiger partial charge in [-0.2, -0.15) is 0 Å². The molecule has 314 valence electrons. The molecule has 0 aromatic heterocycles. The fourth-order valence-corrected chi connectivity index (χ4v) is 6.45. The quantitative estimate of drug-likeness (QED) is 0.0288. The van der Waals surface area contributed by atoms with E-state index < -0.39 is 24.1 Å². The summed E-state index contributed by atoms with van der Waals surface area (Å²) < 4.78 is 17.1. The van der Waals surface area contributed by atoms with Gasteiger partial charge in [-0.25, -0.2) is 4.79 Å². The largest absolute Gasteiger partial charge is 0.477 e. The Morgan fingerprint density at radius 2 is 1.02 bits per heavy atom. The number of carbonyl (C=O) groups is 3. The van der Waals surface area contributed by atoms with Crippen molar-refractivity contribution in [3.8, 4) is 0 Å². The number of ether oxygens (including phenoxy) is 3. The van der Waals surface area contributed by atoms with Crippen LogP contribution in [0, 0.1) is 0 Å². The Morgan fingerprint density at radius 1 is 0.574 bits per heavy atom. The van der Waals surface area contributed by atoms with E-state index >= 15 is 0 Å². The van der Waals surface area contributed by atoms with Crippen LogP contribution in [0.1, 0.15) is 187 Å². The minimum Gasteiger partial charge on any atom is -0.477 e. The number of hydrogen-bond acceptors (Lipinski definition) is 6. The topological polar surface area (TPSA) is 99.1 Å². The molecule has 0 fully saturated rings. The average molecular weight is 763 g/mol. The van der Waals surface area contributed by atoms with Crippen molar-refractivity contribution in [2.45, 2.75) is 199 Å². The maximum absolute atomic E-state index is 12.6. The van der Waals surface area contributed by atoms with Crippen LogP contribution in [0.2, 0.25) is 0 Å². The van der Waals surface area contributed by atoms with Gasteiger partial charge in [0, 0.05) is 12.8 Å². The molecule has 0 aliphatic heterocycles. The maximum atomic E-state index is 12.6. The first-order valence-corrected chi connectivity index (χ1v) is 22.0. The third-order valence-corrected chi connectivity index (χ3v) is 9.84. The molecule has 0 aromatic carbocycles. The van der Waals surface area contributed by atoms with Crippen molar-refractivity contribution < 1.29 is 38.2 Å². The fraction of sp³-hybridized carbons (Fsp3) is 0.804. The van der Waals surface area contributed by atoms with Crippen molar-refractivity contribution in [2.75, 3.05) is 41.0 Å². The molecular formula is C46H84NO7+. The van der Waals surface area contributed by atoms with E-state index in [2.05, 4.69) is 38.2 Å². The summed E-state index contributed by atoms with van der Waals surface area (Å²) in [7, 11) is 5.49. The summed E-state index contributed by atoms with van der Waals surface area (Å²) in [5, 5.41) is 9.59. The second-order valence-corrected chi connectivity index (χ2v) is 15.9. The molecule has 0 spiro atoms. The molecule has 0 heterocycles. The standard InChI is InChI=1S/C46H83NO7/c1-6-8-10-12-14-16-17-18-19-20-21-22-23-24-25-26-27-29-30-32-34-36-44(48)53-41-42(40-52-39-38-43(46(50)51)47(3,4)5)54-45(49)37-35-33-31-28-15-13-11-9-7-2/h9,11,15,28,33,35,42-43H,6-8,10,12-14,16-27,29-32,34,36-41H2,1-5H3/p+1/b11-9+,28-15+,35-33+. The van der Waals surface area contributed by atoms with E-state index in [0.717, 1.165) is 38.5 Å². The highest BCUT2D eigenvalue weighted by Crippen LogP contribution is 2.16. The van der Waals surface area contributed by atoms with Crippen LogP contribution in [-0.2, 0) is 28.6 Å². The SMILES string of the molecule is CC/C=C/C/C=C/C/C=C/CC(=O)OC(COCCC(C(=O)O)[N+](C)(C)C)COC(=O)CCCCCCCCCCCCCCCCCCCCCCC. The number of rotatable bonds is 39. The predicted molar refractivity (Wildman–Crippen MR) is 225 cm³/mol. The Bertz CT molecular complexity index is 984. The molecule has 54 heavy (non-hydrogen) atoms. The van der Waals surface area contributed by atoms with E-state index in [1.54, 1.807) is 6.08 Å². The number of carboxylic acids is 1. The molecule has 8 nitrogen and oxygen atoms in total. The molecule has 0 rings (SSSR count). The molecule has 0 amide bonds. The molecule has 0 saturated carbocycles. The Kier molecular flexibility index (Phi) is 35.8. The fourth-order valence-electron chi connectivity index (χ4n) is 6.45. The van der Waals surface area contributed by atoms with Gasteiger partial charge in [0.05, 0.1) is 40.8 Å². The van der Waals surface area contributed by atoms with Gasteiger partial charge >= 0.3 is 17.9 Å². The van der Waals surface area contributed by atoms with Crippen molar-refractivity contribution in [1.29, 1.82) is 0 Å². The lowest BCUT2D eigenvalue weighted by Crippen LogP contribution is -2.50. The second-order valence-electron chi connectivity index (χ2n) is 15.9. The molecule has 2 atom stereocenters. The van der Waals surface area contributed by atoms with Gasteiger partial charge < -0.3 is 23.8 Å². The number of nitrogens with zero attached hydrogens (tertiary/aromatic N) is 1. The Labute approximate surface area is 332 Å². The highest BCUT2D eigenvalue weighted by atomic mass is 16.6. The minimum absolute atomic E-state index is 0.0274. The van der Waals surface area contributed by atoms with Gasteiger partial charge in [-0.3, -0.25) is 9.59 Å². The van der Waals surface area contributed by atoms with Crippen LogP contribution in [-0.4, -0.2) is 80.6 Å². The van der Waals surface area contributed by atoms with Gasteiger partial charge in [-0.1, -0.05) is 179 Å². The highest BCUT2D eigenvalue weighted by molar-refractivity contribution is 5.72. The van der Waals surface area contributed by atoms with E-state index in [1.165, 1.54) is 116 Å². The van der Waals surface area contributed by atoms with Gasteiger partial charge in [0.1, 0.15) is 6.61 Å². The van der Waals surface area contributed by atoms with Crippen LogP contribution in [0.25, 0.3) is 0 Å². The third-order valence-electron chi connectivity index (χ3n) is 9.84. The summed E-state index contributed by atoms with van der Waals surface area (Å²) >= 11 is 0. The first-order chi connectivity index (χ1) is 26.1. The van der Waals surface area contributed by atoms with Crippen LogP contribution < -0.4 is 0 Å². The first kappa shape index (κ1) is 51.5. The average Bonchev–Trinajstić information content (AvgIpc) is 3.12. The van der Waals surface area contributed by atoms with E-state index in [4.69, 9.17) is 14.2 Å². The van der Waals surface area contributed by atoms with Crippen LogP contribution in [0.5, 0.6) is 0 Å². The summed E-state index contributed by atoms with van der Waals surface area (Å²) in [5.74, 6) is -1.61. The zero-order chi connectivity index (χ0) is 40.0. The second kappa shape index (κ2) is 37.5. The zero-order valence-electron chi connectivity index (χ0n) is 35.7. The summed E-state index contributed by atoms with van der Waals surface area (Å²) in [4.78, 5) is 36.8. The number of likely N-dealkylation sites (N-methyl/N-ethyl adjacent to an activating group) is 1. The molecule has 0 aliphatic rings. The molecule has 0 aliphatic carbocycles. The Balaban J connectivity index is 4.20.